The maximum Gasteiger partial charge on any atom is 0.406 e. The third-order valence-electron chi connectivity index (χ3n) is 4.45. The normalized spacial score (nSPS) is 22.2. The Morgan fingerprint density at radius 1 is 1.39 bits per heavy atom. The maximum absolute atomic E-state index is 12.7. The van der Waals surface area contributed by atoms with Gasteiger partial charge in [-0.3, -0.25) is 9.36 Å². The number of imidazole rings is 1. The van der Waals surface area contributed by atoms with E-state index in [4.69, 9.17) is 4.74 Å². The minimum absolute atomic E-state index is 0.128. The van der Waals surface area contributed by atoms with Crippen LogP contribution in [0, 0.1) is 16.0 Å². The molecule has 9 heteroatoms. The molecular formula is C14H21N5O4. The molecule has 2 fully saturated rings. The van der Waals surface area contributed by atoms with Gasteiger partial charge in [-0.2, -0.15) is 0 Å². The molecular weight excluding hydrogens is 302 g/mol. The number of ether oxygens (including phenoxy) is 1. The Morgan fingerprint density at radius 3 is 2.83 bits per heavy atom. The Balaban J connectivity index is 1.74. The number of nitro groups is 1. The second-order valence-electron chi connectivity index (χ2n) is 5.98. The molecule has 2 aliphatic heterocycles. The summed E-state index contributed by atoms with van der Waals surface area (Å²) in [5, 5.41) is 11.2. The van der Waals surface area contributed by atoms with Crippen LogP contribution in [0.4, 0.5) is 11.6 Å². The summed E-state index contributed by atoms with van der Waals surface area (Å²) in [7, 11) is 1.74. The zero-order valence-corrected chi connectivity index (χ0v) is 13.2. The Morgan fingerprint density at radius 2 is 2.13 bits per heavy atom. The fourth-order valence-electron chi connectivity index (χ4n) is 3.32. The molecule has 2 saturated heterocycles. The number of carbonyl (C=O) groups excluding carboxylic acids is 1. The first-order chi connectivity index (χ1) is 11.1. The van der Waals surface area contributed by atoms with E-state index in [2.05, 4.69) is 4.98 Å². The largest absolute Gasteiger partial charge is 0.406 e. The molecule has 2 aliphatic rings. The topological polar surface area (TPSA) is 93.7 Å². The zero-order chi connectivity index (χ0) is 16.4. The highest BCUT2D eigenvalue weighted by Crippen LogP contribution is 2.30. The highest BCUT2D eigenvalue weighted by molar-refractivity contribution is 5.80. The Bertz CT molecular complexity index is 596. The third kappa shape index (κ3) is 3.14. The minimum atomic E-state index is -0.470. The molecule has 0 aromatic carbocycles. The van der Waals surface area contributed by atoms with Crippen molar-refractivity contribution in [2.24, 2.45) is 13.0 Å². The molecule has 0 aliphatic carbocycles. The molecule has 1 unspecified atom stereocenters. The van der Waals surface area contributed by atoms with Crippen LogP contribution in [0.1, 0.15) is 12.8 Å². The zero-order valence-electron chi connectivity index (χ0n) is 13.2. The van der Waals surface area contributed by atoms with Gasteiger partial charge in [0.15, 0.2) is 0 Å². The van der Waals surface area contributed by atoms with Gasteiger partial charge in [-0.15, -0.1) is 0 Å². The van der Waals surface area contributed by atoms with Gasteiger partial charge in [0.25, 0.3) is 0 Å². The van der Waals surface area contributed by atoms with E-state index in [1.54, 1.807) is 11.6 Å². The predicted molar refractivity (Wildman–Crippen MR) is 82.2 cm³/mol. The average Bonchev–Trinajstić information content (AvgIpc) is 2.97. The smallest absolute Gasteiger partial charge is 0.378 e. The van der Waals surface area contributed by atoms with E-state index in [1.807, 2.05) is 9.80 Å². The lowest BCUT2D eigenvalue weighted by Gasteiger charge is -2.36. The van der Waals surface area contributed by atoms with Crippen LogP contribution >= 0.6 is 0 Å². The summed E-state index contributed by atoms with van der Waals surface area (Å²) < 4.78 is 6.94. The molecule has 3 rings (SSSR count). The summed E-state index contributed by atoms with van der Waals surface area (Å²) >= 11 is 0. The van der Waals surface area contributed by atoms with Gasteiger partial charge < -0.3 is 24.7 Å². The van der Waals surface area contributed by atoms with Crippen LogP contribution in [0.15, 0.2) is 6.33 Å². The number of anilines is 1. The van der Waals surface area contributed by atoms with E-state index in [9.17, 15) is 14.9 Å². The van der Waals surface area contributed by atoms with Gasteiger partial charge in [0.05, 0.1) is 19.1 Å². The molecule has 9 nitrogen and oxygen atoms in total. The summed E-state index contributed by atoms with van der Waals surface area (Å²) in [6.45, 7) is 3.61. The molecule has 1 aromatic rings. The Kier molecular flexibility index (Phi) is 4.46. The first kappa shape index (κ1) is 15.7. The van der Waals surface area contributed by atoms with Crippen LogP contribution in [-0.2, 0) is 16.6 Å². The summed E-state index contributed by atoms with van der Waals surface area (Å²) in [4.78, 5) is 31.0. The van der Waals surface area contributed by atoms with Crippen molar-refractivity contribution in [3.63, 3.8) is 0 Å². The molecule has 1 aromatic heterocycles. The second-order valence-corrected chi connectivity index (χ2v) is 5.98. The van der Waals surface area contributed by atoms with Crippen molar-refractivity contribution < 1.29 is 14.5 Å². The summed E-state index contributed by atoms with van der Waals surface area (Å²) in [5.74, 6) is 0.334. The lowest BCUT2D eigenvalue weighted by Crippen LogP contribution is -2.48. The highest BCUT2D eigenvalue weighted by Gasteiger charge is 2.34. The van der Waals surface area contributed by atoms with Gasteiger partial charge in [0.2, 0.25) is 18.1 Å². The van der Waals surface area contributed by atoms with E-state index in [-0.39, 0.29) is 17.6 Å². The maximum atomic E-state index is 12.7. The first-order valence-corrected chi connectivity index (χ1v) is 7.85. The lowest BCUT2D eigenvalue weighted by atomic mass is 9.96. The van der Waals surface area contributed by atoms with Gasteiger partial charge in [-0.1, -0.05) is 0 Å². The quantitative estimate of drug-likeness (QED) is 0.590. The lowest BCUT2D eigenvalue weighted by molar-refractivity contribution is -0.388. The third-order valence-corrected chi connectivity index (χ3v) is 4.45. The summed E-state index contributed by atoms with van der Waals surface area (Å²) in [5.41, 5.74) is 0. The van der Waals surface area contributed by atoms with Gasteiger partial charge in [0.1, 0.15) is 0 Å². The van der Waals surface area contributed by atoms with Gasteiger partial charge in [-0.05, 0) is 22.7 Å². The molecule has 23 heavy (non-hydrogen) atoms. The SMILES string of the molecule is Cn1cnc([N+](=O)[O-])c1N1CCCC(C(=O)N2CCOCC2)C1. The summed E-state index contributed by atoms with van der Waals surface area (Å²) in [6, 6.07) is 0. The number of morpholine rings is 1. The van der Waals surface area contributed by atoms with Gasteiger partial charge >= 0.3 is 5.82 Å². The Labute approximate surface area is 134 Å². The highest BCUT2D eigenvalue weighted by atomic mass is 16.6. The van der Waals surface area contributed by atoms with Crippen molar-refractivity contribution >= 4 is 17.5 Å². The standard InChI is InChI=1S/C14H21N5O4/c1-16-10-15-12(19(21)22)13(16)18-4-2-3-11(9-18)14(20)17-5-7-23-8-6-17/h10-11H,2-9H2,1H3. The van der Waals surface area contributed by atoms with Crippen molar-refractivity contribution in [1.29, 1.82) is 0 Å². The number of nitrogens with zero attached hydrogens (tertiary/aromatic N) is 5. The summed E-state index contributed by atoms with van der Waals surface area (Å²) in [6.07, 6.45) is 3.10. The van der Waals surface area contributed by atoms with Crippen LogP contribution < -0.4 is 4.90 Å². The fraction of sp³-hybridized carbons (Fsp3) is 0.714. The second kappa shape index (κ2) is 6.53. The van der Waals surface area contributed by atoms with Crippen LogP contribution in [0.5, 0.6) is 0 Å². The molecule has 0 radical (unpaired) electrons. The van der Waals surface area contributed by atoms with E-state index in [0.29, 0.717) is 45.2 Å². The molecule has 0 N–H and O–H groups in total. The monoisotopic (exact) mass is 323 g/mol. The predicted octanol–water partition coefficient (Wildman–Crippen LogP) is 0.404. The molecule has 0 saturated carbocycles. The van der Waals surface area contributed by atoms with Crippen LogP contribution in [0.25, 0.3) is 0 Å². The van der Waals surface area contributed by atoms with Crippen LogP contribution in [-0.4, -0.2) is 64.7 Å². The van der Waals surface area contributed by atoms with E-state index in [0.717, 1.165) is 12.8 Å². The van der Waals surface area contributed by atoms with Crippen molar-refractivity contribution in [2.45, 2.75) is 12.8 Å². The average molecular weight is 323 g/mol. The van der Waals surface area contributed by atoms with E-state index < -0.39 is 4.92 Å². The number of piperidine rings is 1. The minimum Gasteiger partial charge on any atom is -0.378 e. The number of aryl methyl sites for hydroxylation is 1. The Hall–Kier alpha value is -2.16. The molecule has 126 valence electrons. The number of carbonyl (C=O) groups is 1. The first-order valence-electron chi connectivity index (χ1n) is 7.85. The molecule has 1 amide bonds. The van der Waals surface area contributed by atoms with Gasteiger partial charge in [-0.25, -0.2) is 0 Å². The van der Waals surface area contributed by atoms with Crippen LogP contribution in [0.2, 0.25) is 0 Å². The molecule has 1 atom stereocenters. The van der Waals surface area contributed by atoms with Crippen molar-refractivity contribution in [3.05, 3.63) is 16.4 Å². The van der Waals surface area contributed by atoms with E-state index >= 15 is 0 Å². The van der Waals surface area contributed by atoms with Crippen molar-refractivity contribution in [3.8, 4) is 0 Å². The van der Waals surface area contributed by atoms with Crippen molar-refractivity contribution in [1.82, 2.24) is 14.5 Å². The van der Waals surface area contributed by atoms with E-state index in [1.165, 1.54) is 6.33 Å². The van der Waals surface area contributed by atoms with Gasteiger partial charge in [0, 0.05) is 33.2 Å². The number of amides is 1. The molecule has 0 bridgehead atoms. The number of rotatable bonds is 3. The number of hydrogen-bond donors (Lipinski definition) is 0. The number of aromatic nitrogens is 2. The van der Waals surface area contributed by atoms with Crippen LogP contribution in [0.3, 0.4) is 0 Å². The molecule has 0 spiro atoms. The van der Waals surface area contributed by atoms with Crippen molar-refractivity contribution in [2.75, 3.05) is 44.3 Å². The fourth-order valence-corrected chi connectivity index (χ4v) is 3.32. The molecule has 3 heterocycles. The number of hydrogen-bond acceptors (Lipinski definition) is 6.